The van der Waals surface area contributed by atoms with E-state index in [0.29, 0.717) is 6.04 Å². The molecule has 1 N–H and O–H groups in total. The van der Waals surface area contributed by atoms with Crippen molar-refractivity contribution < 1.29 is 4.79 Å². The second kappa shape index (κ2) is 5.83. The van der Waals surface area contributed by atoms with E-state index in [1.165, 1.54) is 30.2 Å². The molecule has 1 amide bonds. The number of hydrogen-bond donors (Lipinski definition) is 1. The Labute approximate surface area is 123 Å². The third kappa shape index (κ3) is 3.12. The van der Waals surface area contributed by atoms with Crippen LogP contribution in [0.4, 0.5) is 0 Å². The highest BCUT2D eigenvalue weighted by Gasteiger charge is 2.25. The molecule has 0 atom stereocenters. The number of amides is 1. The monoisotopic (exact) mass is 286 g/mol. The maximum Gasteiger partial charge on any atom is 0.264 e. The molecule has 20 heavy (non-hydrogen) atoms. The molecule has 1 aromatic rings. The Morgan fingerprint density at radius 2 is 1.95 bits per heavy atom. The molecular formula is C16H18N2OS. The first-order valence-electron chi connectivity index (χ1n) is 7.06. The van der Waals surface area contributed by atoms with Crippen LogP contribution in [-0.2, 0) is 4.79 Å². The van der Waals surface area contributed by atoms with Crippen molar-refractivity contribution in [2.24, 2.45) is 4.99 Å². The molecule has 104 valence electrons. The molecule has 1 heterocycles. The van der Waals surface area contributed by atoms with Gasteiger partial charge in [0.2, 0.25) is 0 Å². The Kier molecular flexibility index (Phi) is 3.92. The van der Waals surface area contributed by atoms with E-state index in [2.05, 4.69) is 29.4 Å². The van der Waals surface area contributed by atoms with E-state index in [0.717, 1.165) is 28.5 Å². The Morgan fingerprint density at radius 1 is 1.25 bits per heavy atom. The minimum absolute atomic E-state index is 0.0349. The van der Waals surface area contributed by atoms with Crippen LogP contribution in [0.3, 0.4) is 0 Å². The summed E-state index contributed by atoms with van der Waals surface area (Å²) in [6, 6.07) is 8.57. The average molecular weight is 286 g/mol. The Hall–Kier alpha value is -1.55. The Balaban J connectivity index is 1.74. The summed E-state index contributed by atoms with van der Waals surface area (Å²) in [6.07, 6.45) is 6.74. The van der Waals surface area contributed by atoms with Crippen LogP contribution in [0.25, 0.3) is 6.08 Å². The van der Waals surface area contributed by atoms with Gasteiger partial charge in [0.1, 0.15) is 0 Å². The molecule has 2 fully saturated rings. The topological polar surface area (TPSA) is 41.5 Å². The molecule has 1 aliphatic heterocycles. The number of nitrogens with one attached hydrogen (secondary N) is 1. The van der Waals surface area contributed by atoms with Gasteiger partial charge in [0, 0.05) is 0 Å². The molecule has 0 aromatic heterocycles. The highest BCUT2D eigenvalue weighted by atomic mass is 32.2. The lowest BCUT2D eigenvalue weighted by atomic mass is 10.1. The molecule has 0 spiro atoms. The van der Waals surface area contributed by atoms with Crippen molar-refractivity contribution in [3.8, 4) is 0 Å². The SMILES string of the molecule is Cc1ccc(/C=C2/SC(=NC3CCCC3)NC2=O)cc1. The zero-order valence-corrected chi connectivity index (χ0v) is 12.4. The molecule has 0 unspecified atom stereocenters. The van der Waals surface area contributed by atoms with Gasteiger partial charge in [-0.25, -0.2) is 0 Å². The summed E-state index contributed by atoms with van der Waals surface area (Å²) in [5.41, 5.74) is 2.27. The molecule has 3 rings (SSSR count). The number of rotatable bonds is 2. The fourth-order valence-electron chi connectivity index (χ4n) is 2.50. The Bertz CT molecular complexity index is 569. The van der Waals surface area contributed by atoms with E-state index in [4.69, 9.17) is 0 Å². The Morgan fingerprint density at radius 3 is 2.65 bits per heavy atom. The van der Waals surface area contributed by atoms with Crippen LogP contribution in [-0.4, -0.2) is 17.1 Å². The smallest absolute Gasteiger partial charge is 0.264 e. The van der Waals surface area contributed by atoms with Gasteiger partial charge in [-0.1, -0.05) is 42.7 Å². The summed E-state index contributed by atoms with van der Waals surface area (Å²) in [6.45, 7) is 2.06. The lowest BCUT2D eigenvalue weighted by molar-refractivity contribution is -0.115. The molecule has 0 radical (unpaired) electrons. The third-order valence-electron chi connectivity index (χ3n) is 3.65. The molecule has 3 nitrogen and oxygen atoms in total. The zero-order chi connectivity index (χ0) is 13.9. The highest BCUT2D eigenvalue weighted by molar-refractivity contribution is 8.18. The number of hydrogen-bond acceptors (Lipinski definition) is 3. The van der Waals surface area contributed by atoms with Crippen LogP contribution in [0, 0.1) is 6.92 Å². The summed E-state index contributed by atoms with van der Waals surface area (Å²) < 4.78 is 0. The molecule has 0 bridgehead atoms. The fraction of sp³-hybridized carbons (Fsp3) is 0.375. The lowest BCUT2D eigenvalue weighted by Gasteiger charge is -2.02. The first kappa shape index (κ1) is 13.4. The minimum Gasteiger partial charge on any atom is -0.301 e. The number of amidine groups is 1. The highest BCUT2D eigenvalue weighted by Crippen LogP contribution is 2.28. The second-order valence-corrected chi connectivity index (χ2v) is 6.38. The number of thioether (sulfide) groups is 1. The summed E-state index contributed by atoms with van der Waals surface area (Å²) in [4.78, 5) is 17.3. The van der Waals surface area contributed by atoms with Crippen LogP contribution in [0.1, 0.15) is 36.8 Å². The van der Waals surface area contributed by atoms with Crippen molar-refractivity contribution >= 4 is 28.9 Å². The standard InChI is InChI=1S/C16H18N2OS/c1-11-6-8-12(9-7-11)10-14-15(19)18-16(20-14)17-13-4-2-3-5-13/h6-10,13H,2-5H2,1H3,(H,17,18,19)/b14-10+. The third-order valence-corrected chi connectivity index (χ3v) is 4.57. The largest absolute Gasteiger partial charge is 0.301 e. The quantitative estimate of drug-likeness (QED) is 0.845. The maximum absolute atomic E-state index is 11.9. The van der Waals surface area contributed by atoms with Gasteiger partial charge in [-0.2, -0.15) is 0 Å². The number of carbonyl (C=O) groups is 1. The van der Waals surface area contributed by atoms with Gasteiger partial charge < -0.3 is 5.32 Å². The van der Waals surface area contributed by atoms with E-state index in [1.807, 2.05) is 18.2 Å². The van der Waals surface area contributed by atoms with Crippen LogP contribution >= 0.6 is 11.8 Å². The number of nitrogens with zero attached hydrogens (tertiary/aromatic N) is 1. The second-order valence-electron chi connectivity index (χ2n) is 5.35. The maximum atomic E-state index is 11.9. The van der Waals surface area contributed by atoms with Crippen molar-refractivity contribution in [3.63, 3.8) is 0 Å². The number of carbonyl (C=O) groups excluding carboxylic acids is 1. The average Bonchev–Trinajstić information content (AvgIpc) is 3.04. The predicted octanol–water partition coefficient (Wildman–Crippen LogP) is 3.50. The number of aryl methyl sites for hydroxylation is 1. The molecule has 4 heteroatoms. The van der Waals surface area contributed by atoms with Gasteiger partial charge in [0.15, 0.2) is 5.17 Å². The van der Waals surface area contributed by atoms with Crippen molar-refractivity contribution in [2.75, 3.05) is 0 Å². The lowest BCUT2D eigenvalue weighted by Crippen LogP contribution is -2.21. The van der Waals surface area contributed by atoms with E-state index < -0.39 is 0 Å². The molecule has 1 aromatic carbocycles. The van der Waals surface area contributed by atoms with Crippen molar-refractivity contribution in [2.45, 2.75) is 38.6 Å². The van der Waals surface area contributed by atoms with Crippen LogP contribution < -0.4 is 5.32 Å². The van der Waals surface area contributed by atoms with Gasteiger partial charge >= 0.3 is 0 Å². The van der Waals surface area contributed by atoms with Gasteiger partial charge in [-0.05, 0) is 43.2 Å². The zero-order valence-electron chi connectivity index (χ0n) is 11.6. The molecule has 1 saturated carbocycles. The van der Waals surface area contributed by atoms with Crippen molar-refractivity contribution in [1.29, 1.82) is 0 Å². The van der Waals surface area contributed by atoms with Gasteiger partial charge in [0.05, 0.1) is 10.9 Å². The number of aliphatic imine (C=N–C) groups is 1. The van der Waals surface area contributed by atoms with Crippen LogP contribution in [0.15, 0.2) is 34.2 Å². The van der Waals surface area contributed by atoms with Crippen LogP contribution in [0.5, 0.6) is 0 Å². The molecule has 1 aliphatic carbocycles. The van der Waals surface area contributed by atoms with Gasteiger partial charge in [-0.15, -0.1) is 0 Å². The van der Waals surface area contributed by atoms with Crippen molar-refractivity contribution in [3.05, 3.63) is 40.3 Å². The van der Waals surface area contributed by atoms with E-state index in [1.54, 1.807) is 0 Å². The molecule has 1 saturated heterocycles. The van der Waals surface area contributed by atoms with Gasteiger partial charge in [0.25, 0.3) is 5.91 Å². The normalized spacial score (nSPS) is 23.8. The number of benzene rings is 1. The van der Waals surface area contributed by atoms with Crippen molar-refractivity contribution in [1.82, 2.24) is 5.32 Å². The summed E-state index contributed by atoms with van der Waals surface area (Å²) in [5, 5.41) is 3.63. The van der Waals surface area contributed by atoms with E-state index in [9.17, 15) is 4.79 Å². The summed E-state index contributed by atoms with van der Waals surface area (Å²) >= 11 is 1.46. The predicted molar refractivity (Wildman–Crippen MR) is 84.6 cm³/mol. The molecular weight excluding hydrogens is 268 g/mol. The van der Waals surface area contributed by atoms with Crippen LogP contribution in [0.2, 0.25) is 0 Å². The van der Waals surface area contributed by atoms with E-state index >= 15 is 0 Å². The summed E-state index contributed by atoms with van der Waals surface area (Å²) in [5.74, 6) is -0.0349. The van der Waals surface area contributed by atoms with E-state index in [-0.39, 0.29) is 5.91 Å². The van der Waals surface area contributed by atoms with Gasteiger partial charge in [-0.3, -0.25) is 9.79 Å². The first-order chi connectivity index (χ1) is 9.70. The first-order valence-corrected chi connectivity index (χ1v) is 7.88. The minimum atomic E-state index is -0.0349. The molecule has 2 aliphatic rings. The fourth-order valence-corrected chi connectivity index (χ4v) is 3.39. The summed E-state index contributed by atoms with van der Waals surface area (Å²) in [7, 11) is 0.